The highest BCUT2D eigenvalue weighted by Gasteiger charge is 2.23. The van der Waals surface area contributed by atoms with E-state index in [1.54, 1.807) is 12.1 Å². The number of carbonyl (C=O) groups is 1. The van der Waals surface area contributed by atoms with E-state index in [9.17, 15) is 9.18 Å². The molecule has 0 fully saturated rings. The smallest absolute Gasteiger partial charge is 0.243 e. The van der Waals surface area contributed by atoms with Crippen molar-refractivity contribution in [2.24, 2.45) is 0 Å². The van der Waals surface area contributed by atoms with Crippen LogP contribution in [-0.4, -0.2) is 22.0 Å². The lowest BCUT2D eigenvalue weighted by Crippen LogP contribution is -2.33. The fourth-order valence-corrected chi connectivity index (χ4v) is 3.20. The van der Waals surface area contributed by atoms with E-state index in [1.807, 2.05) is 42.7 Å². The van der Waals surface area contributed by atoms with Crippen LogP contribution < -0.4 is 5.32 Å². The van der Waals surface area contributed by atoms with Gasteiger partial charge >= 0.3 is 0 Å². The highest BCUT2D eigenvalue weighted by molar-refractivity contribution is 5.84. The Balaban J connectivity index is 2.03. The van der Waals surface area contributed by atoms with Crippen molar-refractivity contribution in [3.63, 3.8) is 0 Å². The van der Waals surface area contributed by atoms with Crippen LogP contribution in [0.5, 0.6) is 0 Å². The van der Waals surface area contributed by atoms with Gasteiger partial charge in [-0.3, -0.25) is 4.79 Å². The first-order valence-corrected chi connectivity index (χ1v) is 9.12. The summed E-state index contributed by atoms with van der Waals surface area (Å²) in [6.07, 6.45) is 2.12. The standard InChI is InChI=1S/C21H24FN3O/c1-3-13-23-21(26)18(4-2)25-19-8-6-5-7-17(19)24-20(25)14-15-9-11-16(22)12-10-15/h5-12,18H,3-4,13-14H2,1-2H3,(H,23,26). The Labute approximate surface area is 153 Å². The molecule has 136 valence electrons. The van der Waals surface area contributed by atoms with E-state index in [4.69, 9.17) is 4.98 Å². The van der Waals surface area contributed by atoms with Crippen LogP contribution in [-0.2, 0) is 11.2 Å². The molecule has 1 amide bonds. The van der Waals surface area contributed by atoms with Gasteiger partial charge in [-0.25, -0.2) is 9.37 Å². The summed E-state index contributed by atoms with van der Waals surface area (Å²) < 4.78 is 15.2. The molecule has 1 unspecified atom stereocenters. The maximum Gasteiger partial charge on any atom is 0.243 e. The molecule has 3 aromatic rings. The summed E-state index contributed by atoms with van der Waals surface area (Å²) >= 11 is 0. The topological polar surface area (TPSA) is 46.9 Å². The van der Waals surface area contributed by atoms with Crippen molar-refractivity contribution in [2.75, 3.05) is 6.54 Å². The average molecular weight is 353 g/mol. The number of imidazole rings is 1. The lowest BCUT2D eigenvalue weighted by Gasteiger charge is -2.20. The second-order valence-electron chi connectivity index (χ2n) is 6.41. The fraction of sp³-hybridized carbons (Fsp3) is 0.333. The van der Waals surface area contributed by atoms with Crippen LogP contribution in [0.4, 0.5) is 4.39 Å². The number of fused-ring (bicyclic) bond motifs is 1. The van der Waals surface area contributed by atoms with E-state index in [0.29, 0.717) is 19.4 Å². The number of benzene rings is 2. The number of carbonyl (C=O) groups excluding carboxylic acids is 1. The molecule has 3 rings (SSSR count). The molecule has 0 bridgehead atoms. The highest BCUT2D eigenvalue weighted by Crippen LogP contribution is 2.25. The lowest BCUT2D eigenvalue weighted by atomic mass is 10.1. The quantitative estimate of drug-likeness (QED) is 0.690. The Morgan fingerprint density at radius 3 is 2.58 bits per heavy atom. The van der Waals surface area contributed by atoms with Crippen LogP contribution in [0.2, 0.25) is 0 Å². The fourth-order valence-electron chi connectivity index (χ4n) is 3.20. The number of para-hydroxylation sites is 2. The summed E-state index contributed by atoms with van der Waals surface area (Å²) in [5.41, 5.74) is 2.78. The number of nitrogens with one attached hydrogen (secondary N) is 1. The maximum atomic E-state index is 13.2. The molecule has 1 atom stereocenters. The second-order valence-corrected chi connectivity index (χ2v) is 6.41. The first kappa shape index (κ1) is 18.1. The van der Waals surface area contributed by atoms with Gasteiger partial charge in [0.1, 0.15) is 17.7 Å². The molecule has 5 heteroatoms. The molecular formula is C21H24FN3O. The molecule has 0 aliphatic rings. The van der Waals surface area contributed by atoms with E-state index < -0.39 is 0 Å². The average Bonchev–Trinajstić information content (AvgIpc) is 3.00. The van der Waals surface area contributed by atoms with Gasteiger partial charge in [-0.15, -0.1) is 0 Å². The van der Waals surface area contributed by atoms with Crippen molar-refractivity contribution >= 4 is 16.9 Å². The van der Waals surface area contributed by atoms with E-state index in [-0.39, 0.29) is 17.8 Å². The van der Waals surface area contributed by atoms with Crippen LogP contribution in [0.15, 0.2) is 48.5 Å². The third-order valence-electron chi connectivity index (χ3n) is 4.49. The zero-order valence-electron chi connectivity index (χ0n) is 15.2. The molecule has 0 aliphatic carbocycles. The lowest BCUT2D eigenvalue weighted by molar-refractivity contribution is -0.124. The predicted molar refractivity (Wildman–Crippen MR) is 102 cm³/mol. The van der Waals surface area contributed by atoms with Gasteiger partial charge in [-0.1, -0.05) is 38.1 Å². The number of rotatable bonds is 7. The predicted octanol–water partition coefficient (Wildman–Crippen LogP) is 4.24. The van der Waals surface area contributed by atoms with Gasteiger partial charge in [0, 0.05) is 13.0 Å². The Morgan fingerprint density at radius 2 is 1.88 bits per heavy atom. The summed E-state index contributed by atoms with van der Waals surface area (Å²) in [6.45, 7) is 4.70. The molecule has 0 radical (unpaired) electrons. The van der Waals surface area contributed by atoms with E-state index in [2.05, 4.69) is 5.32 Å². The molecule has 0 saturated heterocycles. The Bertz CT molecular complexity index is 886. The minimum atomic E-state index is -0.315. The molecule has 0 aliphatic heterocycles. The highest BCUT2D eigenvalue weighted by atomic mass is 19.1. The first-order chi connectivity index (χ1) is 12.6. The number of halogens is 1. The minimum Gasteiger partial charge on any atom is -0.354 e. The number of nitrogens with zero attached hydrogens (tertiary/aromatic N) is 2. The molecule has 4 nitrogen and oxygen atoms in total. The van der Waals surface area contributed by atoms with Gasteiger partial charge in [0.25, 0.3) is 0 Å². The van der Waals surface area contributed by atoms with E-state index in [0.717, 1.165) is 28.8 Å². The van der Waals surface area contributed by atoms with Crippen molar-refractivity contribution in [1.82, 2.24) is 14.9 Å². The van der Waals surface area contributed by atoms with Crippen LogP contribution in [0.3, 0.4) is 0 Å². The van der Waals surface area contributed by atoms with Crippen LogP contribution in [0.1, 0.15) is 44.1 Å². The van der Waals surface area contributed by atoms with Gasteiger partial charge in [0.05, 0.1) is 11.0 Å². The zero-order chi connectivity index (χ0) is 18.5. The molecule has 1 N–H and O–H groups in total. The molecule has 0 saturated carbocycles. The summed E-state index contributed by atoms with van der Waals surface area (Å²) in [7, 11) is 0. The number of hydrogen-bond donors (Lipinski definition) is 1. The van der Waals surface area contributed by atoms with Crippen molar-refractivity contribution in [1.29, 1.82) is 0 Å². The number of hydrogen-bond acceptors (Lipinski definition) is 2. The summed E-state index contributed by atoms with van der Waals surface area (Å²) in [4.78, 5) is 17.5. The van der Waals surface area contributed by atoms with Gasteiger partial charge in [-0.2, -0.15) is 0 Å². The summed E-state index contributed by atoms with van der Waals surface area (Å²) in [6, 6.07) is 14.0. The third-order valence-corrected chi connectivity index (χ3v) is 4.49. The van der Waals surface area contributed by atoms with E-state index >= 15 is 0 Å². The number of amides is 1. The van der Waals surface area contributed by atoms with Gasteiger partial charge in [0.15, 0.2) is 0 Å². The van der Waals surface area contributed by atoms with Crippen molar-refractivity contribution < 1.29 is 9.18 Å². The largest absolute Gasteiger partial charge is 0.354 e. The Morgan fingerprint density at radius 1 is 1.15 bits per heavy atom. The molecule has 26 heavy (non-hydrogen) atoms. The SMILES string of the molecule is CCCNC(=O)C(CC)n1c(Cc2ccc(F)cc2)nc2ccccc21. The van der Waals surface area contributed by atoms with Gasteiger partial charge in [0.2, 0.25) is 5.91 Å². The van der Waals surface area contributed by atoms with E-state index in [1.165, 1.54) is 12.1 Å². The molecular weight excluding hydrogens is 329 g/mol. The molecule has 0 spiro atoms. The molecule has 1 aromatic heterocycles. The molecule has 2 aromatic carbocycles. The third kappa shape index (κ3) is 3.77. The summed E-state index contributed by atoms with van der Waals surface area (Å²) in [5, 5.41) is 3.00. The van der Waals surface area contributed by atoms with Gasteiger partial charge < -0.3 is 9.88 Å². The van der Waals surface area contributed by atoms with Crippen LogP contribution in [0, 0.1) is 5.82 Å². The molecule has 1 heterocycles. The minimum absolute atomic E-state index is 0.0119. The zero-order valence-corrected chi connectivity index (χ0v) is 15.2. The van der Waals surface area contributed by atoms with Crippen LogP contribution in [0.25, 0.3) is 11.0 Å². The van der Waals surface area contributed by atoms with Crippen molar-refractivity contribution in [3.05, 3.63) is 65.7 Å². The Hall–Kier alpha value is -2.69. The van der Waals surface area contributed by atoms with Gasteiger partial charge in [-0.05, 0) is 42.7 Å². The number of aromatic nitrogens is 2. The summed E-state index contributed by atoms with van der Waals surface area (Å²) in [5.74, 6) is 0.571. The van der Waals surface area contributed by atoms with Crippen LogP contribution >= 0.6 is 0 Å². The normalized spacial score (nSPS) is 12.3. The second kappa shape index (κ2) is 8.13. The first-order valence-electron chi connectivity index (χ1n) is 9.12. The van der Waals surface area contributed by atoms with Crippen molar-refractivity contribution in [3.8, 4) is 0 Å². The monoisotopic (exact) mass is 353 g/mol. The van der Waals surface area contributed by atoms with Crippen molar-refractivity contribution in [2.45, 2.75) is 39.2 Å². The maximum absolute atomic E-state index is 13.2. The Kier molecular flexibility index (Phi) is 5.66.